The van der Waals surface area contributed by atoms with Gasteiger partial charge in [0.05, 0.1) is 5.69 Å². The predicted molar refractivity (Wildman–Crippen MR) is 62.9 cm³/mol. The van der Waals surface area contributed by atoms with Crippen molar-refractivity contribution in [1.82, 2.24) is 14.7 Å². The molecule has 1 aliphatic rings. The molecule has 1 atom stereocenters. The molecular weight excluding hydrogens is 202 g/mol. The zero-order chi connectivity index (χ0) is 11.4. The van der Waals surface area contributed by atoms with Crippen molar-refractivity contribution < 1.29 is 5.11 Å². The largest absolute Gasteiger partial charge is 0.396 e. The number of aliphatic hydroxyl groups excluding tert-OH is 1. The summed E-state index contributed by atoms with van der Waals surface area (Å²) in [6, 6.07) is 2.08. The van der Waals surface area contributed by atoms with Crippen LogP contribution < -0.4 is 0 Å². The van der Waals surface area contributed by atoms with E-state index >= 15 is 0 Å². The zero-order valence-corrected chi connectivity index (χ0v) is 9.97. The topological polar surface area (TPSA) is 41.3 Å². The zero-order valence-electron chi connectivity index (χ0n) is 9.97. The van der Waals surface area contributed by atoms with Crippen LogP contribution in [0.15, 0.2) is 12.3 Å². The number of rotatable bonds is 4. The summed E-state index contributed by atoms with van der Waals surface area (Å²) in [5, 5.41) is 13.2. The summed E-state index contributed by atoms with van der Waals surface area (Å²) in [5.41, 5.74) is 1.27. The number of aromatic nitrogens is 2. The first-order valence-corrected chi connectivity index (χ1v) is 6.09. The minimum Gasteiger partial charge on any atom is -0.396 e. The highest BCUT2D eigenvalue weighted by Gasteiger charge is 2.19. The Labute approximate surface area is 96.9 Å². The fraction of sp³-hybridized carbons (Fsp3) is 0.750. The Balaban J connectivity index is 1.88. The number of aryl methyl sites for hydroxylation is 1. The first-order chi connectivity index (χ1) is 7.79. The van der Waals surface area contributed by atoms with Crippen LogP contribution in [0, 0.1) is 5.92 Å². The first-order valence-electron chi connectivity index (χ1n) is 6.09. The van der Waals surface area contributed by atoms with Crippen LogP contribution in [0.4, 0.5) is 0 Å². The molecule has 0 aromatic carbocycles. The van der Waals surface area contributed by atoms with Crippen molar-refractivity contribution in [3.05, 3.63) is 18.0 Å². The average Bonchev–Trinajstić information content (AvgIpc) is 2.66. The van der Waals surface area contributed by atoms with Crippen molar-refractivity contribution in [3.63, 3.8) is 0 Å². The molecule has 0 spiro atoms. The van der Waals surface area contributed by atoms with Crippen molar-refractivity contribution in [2.24, 2.45) is 13.0 Å². The van der Waals surface area contributed by atoms with Gasteiger partial charge in [0.1, 0.15) is 0 Å². The molecule has 1 aromatic heterocycles. The number of hydrogen-bond acceptors (Lipinski definition) is 3. The standard InChI is InChI=1S/C12H21N3O/c1-14-12(4-6-13-14)10-15-7-2-3-11(9-15)5-8-16/h4,6,11,16H,2-3,5,7-10H2,1H3. The van der Waals surface area contributed by atoms with E-state index in [9.17, 15) is 0 Å². The fourth-order valence-electron chi connectivity index (χ4n) is 2.50. The maximum absolute atomic E-state index is 8.97. The minimum atomic E-state index is 0.324. The maximum atomic E-state index is 8.97. The minimum absolute atomic E-state index is 0.324. The predicted octanol–water partition coefficient (Wildman–Crippen LogP) is 1.01. The van der Waals surface area contributed by atoms with Crippen molar-refractivity contribution in [3.8, 4) is 0 Å². The Bertz CT molecular complexity index is 322. The molecule has 2 rings (SSSR count). The molecule has 1 fully saturated rings. The molecule has 1 unspecified atom stereocenters. The highest BCUT2D eigenvalue weighted by Crippen LogP contribution is 2.20. The van der Waals surface area contributed by atoms with Gasteiger partial charge < -0.3 is 5.11 Å². The lowest BCUT2D eigenvalue weighted by Crippen LogP contribution is -2.35. The van der Waals surface area contributed by atoms with Crippen molar-refractivity contribution in [2.75, 3.05) is 19.7 Å². The molecular formula is C12H21N3O. The summed E-state index contributed by atoms with van der Waals surface area (Å²) in [5.74, 6) is 0.673. The van der Waals surface area contributed by atoms with Crippen LogP contribution >= 0.6 is 0 Å². The summed E-state index contributed by atoms with van der Waals surface area (Å²) in [7, 11) is 1.99. The van der Waals surface area contributed by atoms with Gasteiger partial charge in [0.25, 0.3) is 0 Å². The van der Waals surface area contributed by atoms with Gasteiger partial charge in [-0.2, -0.15) is 5.10 Å². The third kappa shape index (κ3) is 2.83. The van der Waals surface area contributed by atoms with Crippen molar-refractivity contribution >= 4 is 0 Å². The van der Waals surface area contributed by atoms with E-state index in [4.69, 9.17) is 5.11 Å². The lowest BCUT2D eigenvalue weighted by molar-refractivity contribution is 0.140. The summed E-state index contributed by atoms with van der Waals surface area (Å²) in [6.45, 7) is 3.60. The van der Waals surface area contributed by atoms with E-state index in [1.54, 1.807) is 0 Å². The fourth-order valence-corrected chi connectivity index (χ4v) is 2.50. The summed E-state index contributed by atoms with van der Waals surface area (Å²) >= 11 is 0. The Morgan fingerprint density at radius 1 is 1.56 bits per heavy atom. The molecule has 1 N–H and O–H groups in total. The first kappa shape index (κ1) is 11.6. The maximum Gasteiger partial charge on any atom is 0.0521 e. The molecule has 0 aliphatic carbocycles. The third-order valence-electron chi connectivity index (χ3n) is 3.45. The molecule has 0 radical (unpaired) electrons. The van der Waals surface area contributed by atoms with Gasteiger partial charge in [-0.05, 0) is 37.8 Å². The van der Waals surface area contributed by atoms with Crippen LogP contribution in [-0.4, -0.2) is 39.5 Å². The van der Waals surface area contributed by atoms with E-state index in [0.29, 0.717) is 12.5 Å². The highest BCUT2D eigenvalue weighted by molar-refractivity contribution is 5.00. The molecule has 1 saturated heterocycles. The Morgan fingerprint density at radius 2 is 2.44 bits per heavy atom. The van der Waals surface area contributed by atoms with Crippen molar-refractivity contribution in [1.29, 1.82) is 0 Å². The van der Waals surface area contributed by atoms with Crippen LogP contribution in [0.5, 0.6) is 0 Å². The summed E-state index contributed by atoms with van der Waals surface area (Å²) < 4.78 is 1.94. The van der Waals surface area contributed by atoms with E-state index in [2.05, 4.69) is 16.1 Å². The smallest absolute Gasteiger partial charge is 0.0521 e. The third-order valence-corrected chi connectivity index (χ3v) is 3.45. The number of nitrogens with zero attached hydrogens (tertiary/aromatic N) is 3. The second-order valence-electron chi connectivity index (χ2n) is 4.70. The Kier molecular flexibility index (Phi) is 3.96. The monoisotopic (exact) mass is 223 g/mol. The lowest BCUT2D eigenvalue weighted by Gasteiger charge is -2.32. The van der Waals surface area contributed by atoms with Gasteiger partial charge in [0.15, 0.2) is 0 Å². The van der Waals surface area contributed by atoms with Crippen LogP contribution in [0.2, 0.25) is 0 Å². The van der Waals surface area contributed by atoms with Crippen LogP contribution in [0.3, 0.4) is 0 Å². The van der Waals surface area contributed by atoms with Crippen LogP contribution in [0.25, 0.3) is 0 Å². The van der Waals surface area contributed by atoms with Crippen LogP contribution in [-0.2, 0) is 13.6 Å². The van der Waals surface area contributed by atoms with Crippen LogP contribution in [0.1, 0.15) is 25.0 Å². The molecule has 16 heavy (non-hydrogen) atoms. The van der Waals surface area contributed by atoms with E-state index < -0.39 is 0 Å². The average molecular weight is 223 g/mol. The normalized spacial score (nSPS) is 22.5. The molecule has 4 heteroatoms. The van der Waals surface area contributed by atoms with Gasteiger partial charge in [-0.1, -0.05) is 0 Å². The van der Waals surface area contributed by atoms with E-state index in [1.165, 1.54) is 25.1 Å². The van der Waals surface area contributed by atoms with E-state index in [0.717, 1.165) is 19.5 Å². The SMILES string of the molecule is Cn1nccc1CN1CCCC(CCO)C1. The second-order valence-corrected chi connectivity index (χ2v) is 4.70. The summed E-state index contributed by atoms with van der Waals surface area (Å²) in [6.07, 6.45) is 5.32. The lowest BCUT2D eigenvalue weighted by atomic mass is 9.95. The van der Waals surface area contributed by atoms with E-state index in [1.807, 2.05) is 17.9 Å². The molecule has 0 bridgehead atoms. The second kappa shape index (κ2) is 5.46. The quantitative estimate of drug-likeness (QED) is 0.828. The van der Waals surface area contributed by atoms with Gasteiger partial charge in [-0.15, -0.1) is 0 Å². The molecule has 1 aromatic rings. The van der Waals surface area contributed by atoms with Crippen molar-refractivity contribution in [2.45, 2.75) is 25.8 Å². The Hall–Kier alpha value is -0.870. The number of likely N-dealkylation sites (tertiary alicyclic amines) is 1. The number of piperidine rings is 1. The van der Waals surface area contributed by atoms with Gasteiger partial charge in [0.2, 0.25) is 0 Å². The van der Waals surface area contributed by atoms with E-state index in [-0.39, 0.29) is 0 Å². The van der Waals surface area contributed by atoms with Gasteiger partial charge in [0, 0.05) is 32.9 Å². The van der Waals surface area contributed by atoms with Gasteiger partial charge in [-0.25, -0.2) is 0 Å². The number of aliphatic hydroxyl groups is 1. The van der Waals surface area contributed by atoms with Gasteiger partial charge >= 0.3 is 0 Å². The highest BCUT2D eigenvalue weighted by atomic mass is 16.3. The molecule has 0 amide bonds. The molecule has 90 valence electrons. The Morgan fingerprint density at radius 3 is 3.12 bits per heavy atom. The number of hydrogen-bond donors (Lipinski definition) is 1. The van der Waals surface area contributed by atoms with Gasteiger partial charge in [-0.3, -0.25) is 9.58 Å². The molecule has 4 nitrogen and oxygen atoms in total. The molecule has 1 aliphatic heterocycles. The molecule has 2 heterocycles. The summed E-state index contributed by atoms with van der Waals surface area (Å²) in [4.78, 5) is 2.47. The molecule has 0 saturated carbocycles.